The molecule has 4 heteroatoms. The van der Waals surface area contributed by atoms with Gasteiger partial charge in [-0.25, -0.2) is 4.57 Å². The molecule has 0 radical (unpaired) electrons. The van der Waals surface area contributed by atoms with E-state index in [1.807, 2.05) is 24.0 Å². The van der Waals surface area contributed by atoms with Crippen LogP contribution < -0.4 is 14.4 Å². The zero-order chi connectivity index (χ0) is 21.5. The molecule has 0 spiro atoms. The van der Waals surface area contributed by atoms with Crippen molar-refractivity contribution in [1.29, 1.82) is 0 Å². The predicted molar refractivity (Wildman–Crippen MR) is 125 cm³/mol. The van der Waals surface area contributed by atoms with Crippen LogP contribution in [0.2, 0.25) is 0 Å². The number of hydrogen-bond donors (Lipinski definition) is 2. The van der Waals surface area contributed by atoms with Crippen LogP contribution in [0, 0.1) is 12.8 Å². The molecule has 3 saturated heterocycles. The third-order valence-electron chi connectivity index (χ3n) is 6.32. The number of aromatic nitrogens is 1. The molecule has 1 aromatic heterocycles. The summed E-state index contributed by atoms with van der Waals surface area (Å²) in [5, 5.41) is 0. The summed E-state index contributed by atoms with van der Waals surface area (Å²) in [6.07, 6.45) is 14.1. The molecule has 0 bridgehead atoms. The van der Waals surface area contributed by atoms with Crippen LogP contribution in [0.4, 0.5) is 0 Å². The van der Waals surface area contributed by atoms with Crippen LogP contribution in [-0.4, -0.2) is 65.3 Å². The zero-order valence-electron chi connectivity index (χ0n) is 20.5. The van der Waals surface area contributed by atoms with Crippen molar-refractivity contribution in [3.8, 4) is 0 Å². The van der Waals surface area contributed by atoms with E-state index < -0.39 is 0 Å². The number of aryl methyl sites for hydroxylation is 2. The molecule has 4 nitrogen and oxygen atoms in total. The molecule has 1 aromatic rings. The monoisotopic (exact) mass is 407 g/mol. The smallest absolute Gasteiger partial charge is 0.168 e. The third-order valence-corrected chi connectivity index (χ3v) is 6.32. The van der Waals surface area contributed by atoms with E-state index in [1.54, 1.807) is 9.80 Å². The number of nitrogens with one attached hydrogen (secondary N) is 2. The number of quaternary nitrogens is 2. The van der Waals surface area contributed by atoms with Crippen molar-refractivity contribution in [2.75, 3.05) is 60.4 Å². The van der Waals surface area contributed by atoms with Crippen LogP contribution in [0.3, 0.4) is 0 Å². The minimum absolute atomic E-state index is 0.978. The fourth-order valence-electron chi connectivity index (χ4n) is 3.85. The molecule has 0 atom stereocenters. The van der Waals surface area contributed by atoms with Gasteiger partial charge in [0.05, 0.1) is 40.3 Å². The van der Waals surface area contributed by atoms with Crippen molar-refractivity contribution in [3.63, 3.8) is 0 Å². The minimum Gasteiger partial charge on any atom is -0.337 e. The molecule has 29 heavy (non-hydrogen) atoms. The highest BCUT2D eigenvalue weighted by Gasteiger charge is 2.10. The molecule has 0 aromatic carbocycles. The van der Waals surface area contributed by atoms with Crippen molar-refractivity contribution in [2.45, 2.75) is 58.8 Å². The molecular weight excluding hydrogens is 356 g/mol. The van der Waals surface area contributed by atoms with Crippen LogP contribution in [-0.2, 0) is 7.05 Å². The molecule has 0 saturated carbocycles. The van der Waals surface area contributed by atoms with Gasteiger partial charge in [0.1, 0.15) is 7.05 Å². The molecule has 0 unspecified atom stereocenters. The second-order valence-electron chi connectivity index (χ2n) is 9.71. The minimum atomic E-state index is 0.978. The maximum atomic E-state index is 2.40. The van der Waals surface area contributed by atoms with Gasteiger partial charge in [-0.1, -0.05) is 6.92 Å². The summed E-state index contributed by atoms with van der Waals surface area (Å²) in [4.78, 5) is 5.82. The summed E-state index contributed by atoms with van der Waals surface area (Å²) in [6.45, 7) is 12.6. The first kappa shape index (κ1) is 26.1. The van der Waals surface area contributed by atoms with E-state index >= 15 is 0 Å². The second kappa shape index (κ2) is 15.8. The lowest BCUT2D eigenvalue weighted by atomic mass is 10.00. The molecular formula is C25H51N4+3. The SMILES string of the molecule is CC1CCN(C)CC1.C[NH+]1CCCC1.C[NH+]1CCCCC1.Cc1cc[n+](C)cc1. The summed E-state index contributed by atoms with van der Waals surface area (Å²) < 4.78 is 2.02. The Balaban J connectivity index is 0.000000194. The highest BCUT2D eigenvalue weighted by atomic mass is 15.1. The summed E-state index contributed by atoms with van der Waals surface area (Å²) >= 11 is 0. The first-order valence-corrected chi connectivity index (χ1v) is 12.1. The van der Waals surface area contributed by atoms with E-state index in [4.69, 9.17) is 0 Å². The Morgan fingerprint density at radius 1 is 0.828 bits per heavy atom. The van der Waals surface area contributed by atoms with Gasteiger partial charge in [0.25, 0.3) is 0 Å². The molecule has 2 N–H and O–H groups in total. The summed E-state index contributed by atoms with van der Waals surface area (Å²) in [7, 11) is 8.75. The molecule has 0 amide bonds. The zero-order valence-corrected chi connectivity index (χ0v) is 20.5. The average Bonchev–Trinajstić information content (AvgIpc) is 3.20. The Morgan fingerprint density at radius 2 is 1.24 bits per heavy atom. The van der Waals surface area contributed by atoms with Crippen molar-refractivity contribution in [1.82, 2.24) is 4.90 Å². The van der Waals surface area contributed by atoms with Crippen LogP contribution in [0.25, 0.3) is 0 Å². The highest BCUT2D eigenvalue weighted by Crippen LogP contribution is 2.13. The van der Waals surface area contributed by atoms with Gasteiger partial charge in [-0.3, -0.25) is 0 Å². The van der Waals surface area contributed by atoms with Crippen LogP contribution in [0.5, 0.6) is 0 Å². The predicted octanol–water partition coefficient (Wildman–Crippen LogP) is 1.15. The average molecular weight is 408 g/mol. The van der Waals surface area contributed by atoms with Crippen molar-refractivity contribution < 1.29 is 14.4 Å². The number of rotatable bonds is 0. The van der Waals surface area contributed by atoms with E-state index in [2.05, 4.69) is 52.0 Å². The first-order valence-electron chi connectivity index (χ1n) is 12.1. The van der Waals surface area contributed by atoms with Crippen molar-refractivity contribution in [3.05, 3.63) is 30.1 Å². The fraction of sp³-hybridized carbons (Fsp3) is 0.800. The number of hydrogen-bond acceptors (Lipinski definition) is 1. The quantitative estimate of drug-likeness (QED) is 0.617. The molecule has 3 aliphatic rings. The van der Waals surface area contributed by atoms with E-state index in [1.165, 1.54) is 89.8 Å². The van der Waals surface area contributed by atoms with Gasteiger partial charge in [0.15, 0.2) is 12.4 Å². The normalized spacial score (nSPS) is 21.2. The first-order chi connectivity index (χ1) is 13.9. The van der Waals surface area contributed by atoms with Gasteiger partial charge in [-0.15, -0.1) is 0 Å². The lowest BCUT2D eigenvalue weighted by molar-refractivity contribution is -0.884. The second-order valence-corrected chi connectivity index (χ2v) is 9.71. The number of piperidine rings is 2. The summed E-state index contributed by atoms with van der Waals surface area (Å²) in [5.41, 5.74) is 1.31. The van der Waals surface area contributed by atoms with Crippen LogP contribution in [0.1, 0.15) is 57.4 Å². The van der Waals surface area contributed by atoms with E-state index in [-0.39, 0.29) is 0 Å². The maximum Gasteiger partial charge on any atom is 0.168 e. The Morgan fingerprint density at radius 3 is 1.55 bits per heavy atom. The third kappa shape index (κ3) is 14.6. The molecule has 168 valence electrons. The fourth-order valence-corrected chi connectivity index (χ4v) is 3.85. The maximum absolute atomic E-state index is 2.40. The molecule has 4 heterocycles. The van der Waals surface area contributed by atoms with Gasteiger partial charge in [-0.2, -0.15) is 0 Å². The number of nitrogens with zero attached hydrogens (tertiary/aromatic N) is 2. The Labute approximate surface area is 181 Å². The lowest BCUT2D eigenvalue weighted by Gasteiger charge is -2.26. The summed E-state index contributed by atoms with van der Waals surface area (Å²) in [6, 6.07) is 4.17. The topological polar surface area (TPSA) is 16.0 Å². The van der Waals surface area contributed by atoms with E-state index in [0.717, 1.165) is 5.92 Å². The standard InChI is InChI=1S/C7H15N.C7H10N.C6H13N.C5H11N/c2*1-7-3-5-8(2)6-4-7;1-7-5-3-2-4-6-7;1-6-4-2-3-5-6/h7H,3-6H2,1-2H3;3-6H,1-2H3;2-6H2,1H3;2-5H2,1H3/q;+1;;/p+2. The van der Waals surface area contributed by atoms with Crippen molar-refractivity contribution in [2.24, 2.45) is 13.0 Å². The Hall–Kier alpha value is -0.970. The number of pyridine rings is 1. The van der Waals surface area contributed by atoms with Gasteiger partial charge in [-0.05, 0) is 70.6 Å². The highest BCUT2D eigenvalue weighted by molar-refractivity contribution is 5.02. The molecule has 3 aliphatic heterocycles. The van der Waals surface area contributed by atoms with E-state index in [0.29, 0.717) is 0 Å². The van der Waals surface area contributed by atoms with Gasteiger partial charge >= 0.3 is 0 Å². The lowest BCUT2D eigenvalue weighted by Crippen LogP contribution is -3.09. The van der Waals surface area contributed by atoms with Crippen LogP contribution >= 0.6 is 0 Å². The van der Waals surface area contributed by atoms with Gasteiger partial charge in [0.2, 0.25) is 0 Å². The molecule has 0 aliphatic carbocycles. The Kier molecular flexibility index (Phi) is 14.2. The van der Waals surface area contributed by atoms with Gasteiger partial charge in [0, 0.05) is 25.0 Å². The Bertz CT molecular complexity index is 451. The van der Waals surface area contributed by atoms with Crippen molar-refractivity contribution >= 4 is 0 Å². The summed E-state index contributed by atoms with van der Waals surface area (Å²) in [5.74, 6) is 0.978. The largest absolute Gasteiger partial charge is 0.337 e. The molecule has 3 fully saturated rings. The van der Waals surface area contributed by atoms with Crippen LogP contribution in [0.15, 0.2) is 24.5 Å². The van der Waals surface area contributed by atoms with E-state index in [9.17, 15) is 0 Å². The molecule has 4 rings (SSSR count). The van der Waals surface area contributed by atoms with Gasteiger partial charge < -0.3 is 14.7 Å². The number of likely N-dealkylation sites (tertiary alicyclic amines) is 3.